The number of benzene rings is 4. The summed E-state index contributed by atoms with van der Waals surface area (Å²) < 4.78 is 45.3. The van der Waals surface area contributed by atoms with E-state index in [4.69, 9.17) is 68.0 Å². The molecule has 4 fully saturated rings. The molecule has 18 rings (SSSR count). The second kappa shape index (κ2) is 36.2. The van der Waals surface area contributed by atoms with Crippen LogP contribution in [0.15, 0.2) is 81.8 Å². The summed E-state index contributed by atoms with van der Waals surface area (Å²) in [5.74, 6) is 2.62. The van der Waals surface area contributed by atoms with E-state index >= 15 is 0 Å². The third-order valence-electron chi connectivity index (χ3n) is 24.6. The van der Waals surface area contributed by atoms with Crippen LogP contribution in [0.25, 0.3) is 66.1 Å². The van der Waals surface area contributed by atoms with Gasteiger partial charge in [-0.05, 0) is 153 Å². The molecular weight excluding hydrogens is 1630 g/mol. The number of methoxy groups -OCH3 is 2. The molecule has 0 radical (unpaired) electrons. The van der Waals surface area contributed by atoms with Gasteiger partial charge in [-0.2, -0.15) is 10.2 Å². The van der Waals surface area contributed by atoms with Gasteiger partial charge in [-0.1, -0.05) is 22.4 Å². The Morgan fingerprint density at radius 3 is 1.66 bits per heavy atom. The van der Waals surface area contributed by atoms with Gasteiger partial charge in [0, 0.05) is 156 Å². The van der Waals surface area contributed by atoms with Crippen LogP contribution < -0.4 is 52.0 Å². The van der Waals surface area contributed by atoms with E-state index < -0.39 is 29.8 Å². The van der Waals surface area contributed by atoms with E-state index in [1.807, 2.05) is 98.6 Å². The number of hydrogen-bond acceptors (Lipinski definition) is 26. The largest absolute Gasteiger partial charge is 0.496 e. The first kappa shape index (κ1) is 84.3. The maximum atomic E-state index is 14.3. The zero-order valence-electron chi connectivity index (χ0n) is 71.8. The predicted molar refractivity (Wildman–Crippen MR) is 468 cm³/mol. The van der Waals surface area contributed by atoms with Crippen molar-refractivity contribution in [3.8, 4) is 33.8 Å². The maximum Gasteiger partial charge on any atom is 0.396 e. The molecule has 2 aliphatic carbocycles. The fraction of sp³-hybridized carbons (Fsp3) is 0.422. The number of carbonyl (C=O) groups excluding carboxylic acids is 8. The molecule has 12 N–H and O–H groups in total. The zero-order valence-corrected chi connectivity index (χ0v) is 71.8. The monoisotopic (exact) mass is 1730 g/mol. The number of ether oxygens (including phenoxy) is 5. The van der Waals surface area contributed by atoms with Crippen LogP contribution in [-0.4, -0.2) is 214 Å². The molecule has 4 aliphatic heterocycles. The van der Waals surface area contributed by atoms with E-state index in [0.29, 0.717) is 220 Å². The van der Waals surface area contributed by atoms with Gasteiger partial charge in [-0.3, -0.25) is 28.8 Å². The van der Waals surface area contributed by atoms with Gasteiger partial charge in [0.2, 0.25) is 11.6 Å². The van der Waals surface area contributed by atoms with Crippen molar-refractivity contribution < 1.29 is 76.4 Å². The molecular formula is C90H102N22O15+2. The van der Waals surface area contributed by atoms with Crippen LogP contribution in [0, 0.1) is 26.7 Å². The molecule has 8 amide bonds. The van der Waals surface area contributed by atoms with Crippen molar-refractivity contribution in [2.24, 2.45) is 5.92 Å². The highest BCUT2D eigenvalue weighted by Gasteiger charge is 2.46. The Morgan fingerprint density at radius 1 is 0.583 bits per heavy atom. The normalized spacial score (nSPS) is 17.4. The Labute approximate surface area is 728 Å². The number of amides is 8. The summed E-state index contributed by atoms with van der Waals surface area (Å²) in [4.78, 5) is 132. The van der Waals surface area contributed by atoms with Crippen molar-refractivity contribution in [3.63, 3.8) is 0 Å². The Kier molecular flexibility index (Phi) is 24.0. The van der Waals surface area contributed by atoms with Crippen LogP contribution >= 0.6 is 0 Å². The number of aryl methyl sites for hydroxylation is 5. The van der Waals surface area contributed by atoms with Crippen molar-refractivity contribution in [1.29, 1.82) is 0 Å². The molecule has 0 bridgehead atoms. The number of quaternary nitrogens is 1. The topological polar surface area (TPSA) is 465 Å². The lowest BCUT2D eigenvalue weighted by Gasteiger charge is -2.28. The number of aromatic amines is 2. The standard InChI is InChI=1S/C90H100N22O15/c1-8-111-71(42-62(105-111)49-20-21-49)97-81-78-55-41-70(122-7)57(39-64(55)96-80(78)101-83(103-81)87(117)93-27-11-10-26-91-60-18-12-16-51-58(60)44-109(89(51)119)67-22-24-73(113)99-85(67)115)76-48(5)127-108-66(76)37-50-36-53(50)65-43-72(112(9-2)106-65)98-82-77-54-40-69(121-6)56(75-46(3)107-126-47(75)4)38-63(54)95-79(77)102-84(104-82)88(118)94-29-15-31-124-33-35-125-34-32-123-30-14-28-92-61-19-13-17-52-59(61)45-110(90(52)120)68-23-25-74(114)100-86(68)116/h12-13,16-19,38-43,49-50,53,67-68,91-92H,8-11,14-15,20-37,44-45H2,1-7H3,(H,93,117)(H,94,118)(H,99,113,115)(H,100,114,116)(H2,95,98,102,104)(H2,96,97,101,103)/p+2. The first-order valence-corrected chi connectivity index (χ1v) is 43.6. The second-order valence-electron chi connectivity index (χ2n) is 33.0. The molecule has 37 heteroatoms. The minimum absolute atomic E-state index is 0.0383. The molecule has 6 aliphatic rings. The number of hydrogen-bond donors (Lipinski definition) is 10. The minimum Gasteiger partial charge on any atom is -0.496 e. The van der Waals surface area contributed by atoms with Crippen molar-refractivity contribution in [2.45, 2.75) is 162 Å². The van der Waals surface area contributed by atoms with E-state index in [9.17, 15) is 38.4 Å². The van der Waals surface area contributed by atoms with Crippen LogP contribution in [0.4, 0.5) is 34.6 Å². The summed E-state index contributed by atoms with van der Waals surface area (Å²) in [5.41, 5.74) is 13.1. The Morgan fingerprint density at radius 2 is 1.10 bits per heavy atom. The van der Waals surface area contributed by atoms with Gasteiger partial charge in [0.15, 0.2) is 0 Å². The number of rotatable bonds is 39. The molecule has 4 atom stereocenters. The van der Waals surface area contributed by atoms with Gasteiger partial charge in [-0.25, -0.2) is 49.5 Å². The summed E-state index contributed by atoms with van der Waals surface area (Å²) >= 11 is 0. The Hall–Kier alpha value is -13.5. The van der Waals surface area contributed by atoms with E-state index in [2.05, 4.69) is 58.4 Å². The van der Waals surface area contributed by atoms with Crippen molar-refractivity contribution in [1.82, 2.24) is 85.5 Å². The number of fused-ring (bicyclic) bond motifs is 8. The molecule has 127 heavy (non-hydrogen) atoms. The second-order valence-corrected chi connectivity index (χ2v) is 33.0. The first-order valence-electron chi connectivity index (χ1n) is 43.6. The molecule has 0 spiro atoms. The fourth-order valence-corrected chi connectivity index (χ4v) is 17.9. The van der Waals surface area contributed by atoms with Crippen molar-refractivity contribution in [2.75, 3.05) is 101 Å². The molecule has 8 aromatic heterocycles. The first-order chi connectivity index (χ1) is 61.8. The van der Waals surface area contributed by atoms with E-state index in [1.165, 1.54) is 0 Å². The number of carbonyl (C=O) groups is 7. The summed E-state index contributed by atoms with van der Waals surface area (Å²) in [5, 5.41) is 45.5. The number of primary amides is 2. The highest BCUT2D eigenvalue weighted by atomic mass is 16.5. The van der Waals surface area contributed by atoms with Gasteiger partial charge in [0.1, 0.15) is 69.7 Å². The van der Waals surface area contributed by atoms with Crippen molar-refractivity contribution in [3.05, 3.63) is 141 Å². The molecule has 2 saturated carbocycles. The van der Waals surface area contributed by atoms with Crippen LogP contribution in [0.5, 0.6) is 11.5 Å². The third-order valence-corrected chi connectivity index (χ3v) is 24.6. The minimum atomic E-state index is -0.677. The van der Waals surface area contributed by atoms with Gasteiger partial charge >= 0.3 is 17.7 Å². The molecule has 12 heterocycles. The van der Waals surface area contributed by atoms with Gasteiger partial charge < -0.3 is 84.4 Å². The maximum absolute atomic E-state index is 14.3. The summed E-state index contributed by atoms with van der Waals surface area (Å²) in [6.07, 6.45) is 7.24. The lowest BCUT2D eigenvalue weighted by atomic mass is 9.98. The van der Waals surface area contributed by atoms with Crippen LogP contribution in [-0.2, 0) is 61.2 Å². The predicted octanol–water partition coefficient (Wildman–Crippen LogP) is 9.70. The SMILES string of the molecule is CCn1nc(C2CC2)cc1Nc1nc(C(=O)NCCCCNc2cccc3c2CN(C2CCC(=[OH+])NC2=O)C3=O)nc2[nH]c3cc(-c4c(CC5CC5c5cc(Nc6nc(C(=O)NCCCOCCOCCOCCCNc7cccc8c7CN(C7CCC(=O)[NH2+]C7=O)C8=O)nc7[nH]c8cc(-c9c(C)noc9C)c(OC)cc8c67)n(CC)n5)noc4C)c(OC)cc3c12. The summed E-state index contributed by atoms with van der Waals surface area (Å²) in [6.45, 7) is 15.5. The molecule has 4 unspecified atom stereocenters. The lowest BCUT2D eigenvalue weighted by Crippen LogP contribution is -2.96. The number of imide groups is 2. The number of nitrogens with two attached hydrogens (primary N) is 1. The number of nitrogens with zero attached hydrogens (tertiary/aromatic N) is 12. The molecule has 2 saturated heterocycles. The van der Waals surface area contributed by atoms with Crippen LogP contribution in [0.2, 0.25) is 0 Å². The molecule has 37 nitrogen and oxygen atoms in total. The van der Waals surface area contributed by atoms with Gasteiger partial charge in [0.05, 0.1) is 98.2 Å². The quantitative estimate of drug-likeness (QED) is 0.00972. The number of H-pyrrole nitrogens is 2. The average Bonchev–Trinajstić information content (AvgIpc) is 1.59. The van der Waals surface area contributed by atoms with Crippen molar-refractivity contribution >= 4 is 126 Å². The summed E-state index contributed by atoms with van der Waals surface area (Å²) in [6, 6.07) is 21.7. The molecule has 660 valence electrons. The van der Waals surface area contributed by atoms with Gasteiger partial charge in [0.25, 0.3) is 29.5 Å². The smallest absolute Gasteiger partial charge is 0.396 e. The lowest BCUT2D eigenvalue weighted by molar-refractivity contribution is -0.495. The number of aromatic nitrogens is 12. The average molecular weight is 1730 g/mol. The zero-order chi connectivity index (χ0) is 87.8. The number of unbranched alkanes of at least 4 members (excludes halogenated alkanes) is 1. The highest BCUT2D eigenvalue weighted by molar-refractivity contribution is 6.16. The number of nitrogens with one attached hydrogen (secondary N) is 9. The fourth-order valence-electron chi connectivity index (χ4n) is 17.9. The number of anilines is 6. The molecule has 12 aromatic rings. The van der Waals surface area contributed by atoms with E-state index in [-0.39, 0.29) is 79.0 Å². The van der Waals surface area contributed by atoms with Crippen LogP contribution in [0.1, 0.15) is 184 Å². The third kappa shape index (κ3) is 17.2. The van der Waals surface area contributed by atoms with Crippen LogP contribution in [0.3, 0.4) is 0 Å². The number of piperidine rings is 2. The molecule has 4 aromatic carbocycles. The van der Waals surface area contributed by atoms with Gasteiger partial charge in [-0.15, -0.1) is 0 Å². The summed E-state index contributed by atoms with van der Waals surface area (Å²) in [7, 11) is 3.24. The highest BCUT2D eigenvalue weighted by Crippen LogP contribution is 2.52. The van der Waals surface area contributed by atoms with E-state index in [1.54, 1.807) is 36.2 Å². The van der Waals surface area contributed by atoms with E-state index in [0.717, 1.165) is 103 Å². The Balaban J connectivity index is 0.516. The Bertz CT molecular complexity index is 6310.